The molecule has 74 valence electrons. The lowest BCUT2D eigenvalue weighted by Gasteiger charge is -2.32. The van der Waals surface area contributed by atoms with Gasteiger partial charge in [0.2, 0.25) is 0 Å². The second-order valence-electron chi connectivity index (χ2n) is 3.39. The Morgan fingerprint density at radius 3 is 2.79 bits per heavy atom. The van der Waals surface area contributed by atoms with Crippen molar-refractivity contribution < 1.29 is 4.39 Å². The van der Waals surface area contributed by atoms with Crippen molar-refractivity contribution in [1.82, 2.24) is 9.78 Å². The fourth-order valence-corrected chi connectivity index (χ4v) is 2.85. The van der Waals surface area contributed by atoms with Gasteiger partial charge in [-0.2, -0.15) is 16.9 Å². The first-order valence-corrected chi connectivity index (χ1v) is 5.68. The monoisotopic (exact) mass is 210 g/mol. The van der Waals surface area contributed by atoms with E-state index in [9.17, 15) is 4.39 Å². The van der Waals surface area contributed by atoms with Crippen LogP contribution in [-0.2, 0) is 5.54 Å². The van der Waals surface area contributed by atoms with E-state index in [0.29, 0.717) is 0 Å². The normalized spacial score (nSPS) is 20.3. The minimum Gasteiger partial charge on any atom is -0.252 e. The molecule has 14 heavy (non-hydrogen) atoms. The standard InChI is InChI=1S/C10H11FN2S/c1-2-10(3-5-14-6-4-10)13-8-9(11)7-12-13/h1,7-8H,3-6H2. The van der Waals surface area contributed by atoms with Crippen LogP contribution in [0.15, 0.2) is 12.4 Å². The quantitative estimate of drug-likeness (QED) is 0.659. The summed E-state index contributed by atoms with van der Waals surface area (Å²) in [4.78, 5) is 0. The van der Waals surface area contributed by atoms with Crippen LogP contribution in [0.5, 0.6) is 0 Å². The van der Waals surface area contributed by atoms with Gasteiger partial charge in [-0.3, -0.25) is 4.68 Å². The molecule has 0 atom stereocenters. The third-order valence-electron chi connectivity index (χ3n) is 2.58. The van der Waals surface area contributed by atoms with Crippen molar-refractivity contribution in [2.75, 3.05) is 11.5 Å². The highest BCUT2D eigenvalue weighted by Gasteiger charge is 2.32. The Bertz CT molecular complexity index is 360. The topological polar surface area (TPSA) is 17.8 Å². The fraction of sp³-hybridized carbons (Fsp3) is 0.500. The van der Waals surface area contributed by atoms with Crippen LogP contribution in [0, 0.1) is 18.2 Å². The minimum absolute atomic E-state index is 0.321. The van der Waals surface area contributed by atoms with Gasteiger partial charge in [-0.05, 0) is 24.3 Å². The van der Waals surface area contributed by atoms with E-state index in [1.807, 2.05) is 11.8 Å². The van der Waals surface area contributed by atoms with Crippen molar-refractivity contribution in [3.8, 4) is 12.3 Å². The molecule has 1 fully saturated rings. The first-order valence-electron chi connectivity index (χ1n) is 4.53. The molecule has 0 bridgehead atoms. The van der Waals surface area contributed by atoms with E-state index in [4.69, 9.17) is 6.42 Å². The van der Waals surface area contributed by atoms with Gasteiger partial charge in [0.05, 0.1) is 12.4 Å². The Kier molecular flexibility index (Phi) is 2.51. The average molecular weight is 210 g/mol. The van der Waals surface area contributed by atoms with E-state index in [2.05, 4.69) is 11.0 Å². The van der Waals surface area contributed by atoms with Crippen molar-refractivity contribution in [1.29, 1.82) is 0 Å². The van der Waals surface area contributed by atoms with Gasteiger partial charge in [0.25, 0.3) is 0 Å². The van der Waals surface area contributed by atoms with E-state index < -0.39 is 5.54 Å². The molecule has 0 N–H and O–H groups in total. The molecule has 0 saturated carbocycles. The molecule has 1 aromatic rings. The van der Waals surface area contributed by atoms with Crippen LogP contribution in [-0.4, -0.2) is 21.3 Å². The molecule has 1 aliphatic rings. The molecule has 0 radical (unpaired) electrons. The van der Waals surface area contributed by atoms with Crippen LogP contribution in [0.4, 0.5) is 4.39 Å². The van der Waals surface area contributed by atoms with E-state index in [1.165, 1.54) is 12.4 Å². The second kappa shape index (κ2) is 3.66. The summed E-state index contributed by atoms with van der Waals surface area (Å²) in [5.74, 6) is 4.49. The Labute approximate surface area is 86.9 Å². The summed E-state index contributed by atoms with van der Waals surface area (Å²) < 4.78 is 14.4. The summed E-state index contributed by atoms with van der Waals surface area (Å²) >= 11 is 1.88. The highest BCUT2D eigenvalue weighted by molar-refractivity contribution is 7.99. The summed E-state index contributed by atoms with van der Waals surface area (Å²) in [5.41, 5.74) is -0.393. The molecule has 4 heteroatoms. The average Bonchev–Trinajstić information content (AvgIpc) is 2.66. The molecule has 0 amide bonds. The summed E-state index contributed by atoms with van der Waals surface area (Å²) in [6, 6.07) is 0. The van der Waals surface area contributed by atoms with Crippen LogP contribution >= 0.6 is 11.8 Å². The van der Waals surface area contributed by atoms with Crippen molar-refractivity contribution in [2.45, 2.75) is 18.4 Å². The predicted octanol–water partition coefficient (Wildman–Crippen LogP) is 1.88. The Morgan fingerprint density at radius 1 is 1.57 bits per heavy atom. The van der Waals surface area contributed by atoms with Gasteiger partial charge >= 0.3 is 0 Å². The largest absolute Gasteiger partial charge is 0.252 e. The van der Waals surface area contributed by atoms with Crippen LogP contribution in [0.3, 0.4) is 0 Å². The highest BCUT2D eigenvalue weighted by Crippen LogP contribution is 2.32. The summed E-state index contributed by atoms with van der Waals surface area (Å²) in [6.07, 6.45) is 9.87. The number of terminal acetylenes is 1. The molecule has 0 aromatic carbocycles. The molecule has 2 nitrogen and oxygen atoms in total. The smallest absolute Gasteiger partial charge is 0.161 e. The van der Waals surface area contributed by atoms with Gasteiger partial charge in [0.1, 0.15) is 5.54 Å². The maximum Gasteiger partial charge on any atom is 0.161 e. The number of rotatable bonds is 1. The number of halogens is 1. The lowest BCUT2D eigenvalue weighted by molar-refractivity contribution is 0.323. The molecular formula is C10H11FN2S. The maximum absolute atomic E-state index is 12.8. The van der Waals surface area contributed by atoms with E-state index in [0.717, 1.165) is 24.3 Å². The molecule has 0 unspecified atom stereocenters. The van der Waals surface area contributed by atoms with E-state index in [-0.39, 0.29) is 5.82 Å². The molecule has 1 saturated heterocycles. The fourth-order valence-electron chi connectivity index (χ4n) is 1.68. The second-order valence-corrected chi connectivity index (χ2v) is 4.62. The van der Waals surface area contributed by atoms with Crippen molar-refractivity contribution in [2.24, 2.45) is 0 Å². The van der Waals surface area contributed by atoms with Crippen molar-refractivity contribution >= 4 is 11.8 Å². The molecule has 2 rings (SSSR count). The lowest BCUT2D eigenvalue weighted by atomic mass is 9.94. The van der Waals surface area contributed by atoms with Gasteiger partial charge in [0.15, 0.2) is 5.82 Å². The summed E-state index contributed by atoms with van der Waals surface area (Å²) in [6.45, 7) is 0. The predicted molar refractivity (Wildman–Crippen MR) is 55.6 cm³/mol. The molecular weight excluding hydrogens is 199 g/mol. The molecule has 0 aliphatic carbocycles. The maximum atomic E-state index is 12.8. The molecule has 2 heterocycles. The van der Waals surface area contributed by atoms with E-state index >= 15 is 0 Å². The highest BCUT2D eigenvalue weighted by atomic mass is 32.2. The zero-order valence-electron chi connectivity index (χ0n) is 7.74. The van der Waals surface area contributed by atoms with Crippen LogP contribution < -0.4 is 0 Å². The Morgan fingerprint density at radius 2 is 2.29 bits per heavy atom. The number of hydrogen-bond acceptors (Lipinski definition) is 2. The van der Waals surface area contributed by atoms with Gasteiger partial charge in [0, 0.05) is 0 Å². The zero-order chi connectivity index (χ0) is 10.0. The lowest BCUT2D eigenvalue weighted by Crippen LogP contribution is -2.36. The summed E-state index contributed by atoms with van der Waals surface area (Å²) in [5, 5.41) is 3.97. The number of hydrogen-bond donors (Lipinski definition) is 0. The first kappa shape index (κ1) is 9.60. The minimum atomic E-state index is -0.393. The zero-order valence-corrected chi connectivity index (χ0v) is 8.56. The Balaban J connectivity index is 2.32. The van der Waals surface area contributed by atoms with E-state index in [1.54, 1.807) is 4.68 Å². The molecule has 0 spiro atoms. The SMILES string of the molecule is C#CC1(n2cc(F)cn2)CCSCC1. The van der Waals surface area contributed by atoms with Crippen LogP contribution in [0.25, 0.3) is 0 Å². The van der Waals surface area contributed by atoms with Gasteiger partial charge < -0.3 is 0 Å². The van der Waals surface area contributed by atoms with Crippen molar-refractivity contribution in [3.63, 3.8) is 0 Å². The number of nitrogens with zero attached hydrogens (tertiary/aromatic N) is 2. The first-order chi connectivity index (χ1) is 6.77. The van der Waals surface area contributed by atoms with Gasteiger partial charge in [-0.15, -0.1) is 6.42 Å². The van der Waals surface area contributed by atoms with Crippen LogP contribution in [0.2, 0.25) is 0 Å². The number of aromatic nitrogens is 2. The van der Waals surface area contributed by atoms with Crippen molar-refractivity contribution in [3.05, 3.63) is 18.2 Å². The third kappa shape index (κ3) is 1.53. The van der Waals surface area contributed by atoms with Gasteiger partial charge in [-0.25, -0.2) is 4.39 Å². The summed E-state index contributed by atoms with van der Waals surface area (Å²) in [7, 11) is 0. The molecule has 1 aromatic heterocycles. The third-order valence-corrected chi connectivity index (χ3v) is 3.56. The number of thioether (sulfide) groups is 1. The van der Waals surface area contributed by atoms with Crippen LogP contribution in [0.1, 0.15) is 12.8 Å². The Hall–Kier alpha value is -0.950. The van der Waals surface area contributed by atoms with Gasteiger partial charge in [-0.1, -0.05) is 5.92 Å². The molecule has 1 aliphatic heterocycles.